The quantitative estimate of drug-likeness (QED) is 0.855. The standard InChI is InChI=1S/C18H17N5O2/c19-11-14-1-3-15(4-2-14)21-18(25)17-6-5-16(12-20-17)23-9-7-22(13-24)8-10-23/h1-6,12-13H,7-10H2,(H,21,25). The van der Waals surface area contributed by atoms with Crippen molar-refractivity contribution < 1.29 is 9.59 Å². The van der Waals surface area contributed by atoms with E-state index < -0.39 is 0 Å². The Labute approximate surface area is 145 Å². The van der Waals surface area contributed by atoms with Crippen molar-refractivity contribution >= 4 is 23.7 Å². The molecule has 7 nitrogen and oxygen atoms in total. The van der Waals surface area contributed by atoms with E-state index in [4.69, 9.17) is 5.26 Å². The predicted octanol–water partition coefficient (Wildman–Crippen LogP) is 1.48. The minimum absolute atomic E-state index is 0.304. The van der Waals surface area contributed by atoms with Crippen LogP contribution in [0, 0.1) is 11.3 Å². The molecule has 0 saturated carbocycles. The molecule has 0 unspecified atom stereocenters. The molecule has 0 bridgehead atoms. The van der Waals surface area contributed by atoms with Gasteiger partial charge in [-0.25, -0.2) is 4.98 Å². The van der Waals surface area contributed by atoms with Crippen LogP contribution in [-0.2, 0) is 4.79 Å². The van der Waals surface area contributed by atoms with Crippen molar-refractivity contribution in [1.29, 1.82) is 5.26 Å². The molecular weight excluding hydrogens is 318 g/mol. The van der Waals surface area contributed by atoms with Crippen molar-refractivity contribution in [2.45, 2.75) is 0 Å². The zero-order chi connectivity index (χ0) is 17.6. The largest absolute Gasteiger partial charge is 0.367 e. The average Bonchev–Trinajstić information content (AvgIpc) is 2.69. The number of anilines is 2. The molecule has 7 heteroatoms. The van der Waals surface area contributed by atoms with E-state index >= 15 is 0 Å². The minimum Gasteiger partial charge on any atom is -0.367 e. The molecule has 0 aliphatic carbocycles. The summed E-state index contributed by atoms with van der Waals surface area (Å²) in [6.45, 7) is 2.86. The van der Waals surface area contributed by atoms with Gasteiger partial charge in [0.2, 0.25) is 6.41 Å². The summed E-state index contributed by atoms with van der Waals surface area (Å²) in [6, 6.07) is 12.2. The van der Waals surface area contributed by atoms with Gasteiger partial charge in [0.1, 0.15) is 5.69 Å². The lowest BCUT2D eigenvalue weighted by Gasteiger charge is -2.33. The van der Waals surface area contributed by atoms with Crippen molar-refractivity contribution in [3.63, 3.8) is 0 Å². The molecule has 1 N–H and O–H groups in total. The normalized spacial score (nSPS) is 13.9. The lowest BCUT2D eigenvalue weighted by Crippen LogP contribution is -2.45. The molecule has 1 aromatic heterocycles. The topological polar surface area (TPSA) is 89.3 Å². The number of aromatic nitrogens is 1. The van der Waals surface area contributed by atoms with Gasteiger partial charge in [-0.1, -0.05) is 0 Å². The third-order valence-corrected chi connectivity index (χ3v) is 4.08. The lowest BCUT2D eigenvalue weighted by molar-refractivity contribution is -0.118. The van der Waals surface area contributed by atoms with Crippen LogP contribution in [0.1, 0.15) is 16.1 Å². The van der Waals surface area contributed by atoms with Crippen molar-refractivity contribution in [1.82, 2.24) is 9.88 Å². The summed E-state index contributed by atoms with van der Waals surface area (Å²) in [4.78, 5) is 31.1. The van der Waals surface area contributed by atoms with E-state index in [0.29, 0.717) is 30.0 Å². The fourth-order valence-corrected chi connectivity index (χ4v) is 2.62. The second-order valence-electron chi connectivity index (χ2n) is 5.67. The highest BCUT2D eigenvalue weighted by molar-refractivity contribution is 6.02. The highest BCUT2D eigenvalue weighted by atomic mass is 16.2. The van der Waals surface area contributed by atoms with Crippen LogP contribution in [0.3, 0.4) is 0 Å². The smallest absolute Gasteiger partial charge is 0.274 e. The molecule has 25 heavy (non-hydrogen) atoms. The highest BCUT2D eigenvalue weighted by Gasteiger charge is 2.16. The number of pyridine rings is 1. The molecular formula is C18H17N5O2. The fraction of sp³-hybridized carbons (Fsp3) is 0.222. The van der Waals surface area contributed by atoms with Gasteiger partial charge in [0.05, 0.1) is 23.5 Å². The van der Waals surface area contributed by atoms with Crippen LogP contribution in [0.25, 0.3) is 0 Å². The summed E-state index contributed by atoms with van der Waals surface area (Å²) in [5, 5.41) is 11.5. The summed E-state index contributed by atoms with van der Waals surface area (Å²) in [5.74, 6) is -0.304. The molecule has 1 aromatic carbocycles. The first-order valence-corrected chi connectivity index (χ1v) is 7.91. The molecule has 0 spiro atoms. The van der Waals surface area contributed by atoms with Gasteiger partial charge in [0.25, 0.3) is 5.91 Å². The molecule has 2 aromatic rings. The molecule has 0 atom stereocenters. The number of hydrogen-bond acceptors (Lipinski definition) is 5. The molecule has 0 radical (unpaired) electrons. The number of amides is 2. The Kier molecular flexibility index (Phi) is 4.90. The minimum atomic E-state index is -0.304. The van der Waals surface area contributed by atoms with Crippen LogP contribution in [0.5, 0.6) is 0 Å². The number of carbonyl (C=O) groups is 2. The van der Waals surface area contributed by atoms with Gasteiger partial charge in [-0.3, -0.25) is 9.59 Å². The number of rotatable bonds is 4. The summed E-state index contributed by atoms with van der Waals surface area (Å²) < 4.78 is 0. The summed E-state index contributed by atoms with van der Waals surface area (Å²) in [5.41, 5.74) is 2.40. The Hall–Kier alpha value is -3.40. The maximum atomic E-state index is 12.2. The molecule has 2 amide bonds. The SMILES string of the molecule is N#Cc1ccc(NC(=O)c2ccc(N3CCN(C=O)CC3)cn2)cc1. The van der Waals surface area contributed by atoms with Gasteiger partial charge >= 0.3 is 0 Å². The van der Waals surface area contributed by atoms with Gasteiger partial charge in [-0.15, -0.1) is 0 Å². The summed E-state index contributed by atoms with van der Waals surface area (Å²) >= 11 is 0. The number of hydrogen-bond donors (Lipinski definition) is 1. The highest BCUT2D eigenvalue weighted by Crippen LogP contribution is 2.16. The first kappa shape index (κ1) is 16.5. The molecule has 2 heterocycles. The van der Waals surface area contributed by atoms with E-state index in [1.807, 2.05) is 12.1 Å². The molecule has 1 fully saturated rings. The Morgan fingerprint density at radius 2 is 1.84 bits per heavy atom. The molecule has 1 aliphatic heterocycles. The van der Waals surface area contributed by atoms with Gasteiger partial charge in [-0.2, -0.15) is 5.26 Å². The van der Waals surface area contributed by atoms with Crippen molar-refractivity contribution in [2.75, 3.05) is 36.4 Å². The third-order valence-electron chi connectivity index (χ3n) is 4.08. The van der Waals surface area contributed by atoms with E-state index in [0.717, 1.165) is 25.2 Å². The first-order chi connectivity index (χ1) is 12.2. The molecule has 3 rings (SSSR count). The van der Waals surface area contributed by atoms with Gasteiger partial charge in [-0.05, 0) is 36.4 Å². The maximum Gasteiger partial charge on any atom is 0.274 e. The van der Waals surface area contributed by atoms with E-state index in [2.05, 4.69) is 15.2 Å². The predicted molar refractivity (Wildman–Crippen MR) is 93.2 cm³/mol. The Morgan fingerprint density at radius 1 is 1.12 bits per heavy atom. The van der Waals surface area contributed by atoms with Crippen molar-refractivity contribution in [2.24, 2.45) is 0 Å². The lowest BCUT2D eigenvalue weighted by atomic mass is 10.2. The Bertz CT molecular complexity index is 788. The van der Waals surface area contributed by atoms with E-state index in [1.165, 1.54) is 0 Å². The first-order valence-electron chi connectivity index (χ1n) is 7.91. The van der Waals surface area contributed by atoms with Gasteiger partial charge in [0.15, 0.2) is 0 Å². The van der Waals surface area contributed by atoms with Crippen LogP contribution in [0.4, 0.5) is 11.4 Å². The third kappa shape index (κ3) is 3.93. The fourth-order valence-electron chi connectivity index (χ4n) is 2.62. The zero-order valence-corrected chi connectivity index (χ0v) is 13.6. The Morgan fingerprint density at radius 3 is 2.40 bits per heavy atom. The van der Waals surface area contributed by atoms with Crippen LogP contribution < -0.4 is 10.2 Å². The monoisotopic (exact) mass is 335 g/mol. The van der Waals surface area contributed by atoms with E-state index in [9.17, 15) is 9.59 Å². The van der Waals surface area contributed by atoms with E-state index in [-0.39, 0.29) is 5.91 Å². The van der Waals surface area contributed by atoms with Gasteiger partial charge in [0, 0.05) is 31.9 Å². The van der Waals surface area contributed by atoms with E-state index in [1.54, 1.807) is 41.4 Å². The number of carbonyl (C=O) groups excluding carboxylic acids is 2. The summed E-state index contributed by atoms with van der Waals surface area (Å²) in [6.07, 6.45) is 2.54. The van der Waals surface area contributed by atoms with Crippen LogP contribution >= 0.6 is 0 Å². The number of nitrogens with zero attached hydrogens (tertiary/aromatic N) is 4. The number of nitriles is 1. The zero-order valence-electron chi connectivity index (χ0n) is 13.6. The average molecular weight is 335 g/mol. The van der Waals surface area contributed by atoms with Crippen LogP contribution in [0.2, 0.25) is 0 Å². The van der Waals surface area contributed by atoms with Crippen LogP contribution in [-0.4, -0.2) is 48.4 Å². The van der Waals surface area contributed by atoms with Crippen molar-refractivity contribution in [3.05, 3.63) is 53.9 Å². The number of nitrogens with one attached hydrogen (secondary N) is 1. The number of piperazine rings is 1. The van der Waals surface area contributed by atoms with Crippen molar-refractivity contribution in [3.8, 4) is 6.07 Å². The summed E-state index contributed by atoms with van der Waals surface area (Å²) in [7, 11) is 0. The molecule has 1 aliphatic rings. The maximum absolute atomic E-state index is 12.2. The van der Waals surface area contributed by atoms with Gasteiger partial charge < -0.3 is 15.1 Å². The molecule has 1 saturated heterocycles. The van der Waals surface area contributed by atoms with Crippen LogP contribution in [0.15, 0.2) is 42.6 Å². The number of benzene rings is 1. The Balaban J connectivity index is 1.62. The molecule has 126 valence electrons. The second-order valence-corrected chi connectivity index (χ2v) is 5.67. The second kappa shape index (κ2) is 7.45.